The van der Waals surface area contributed by atoms with E-state index in [0.717, 1.165) is 19.3 Å². The molecule has 0 aromatic carbocycles. The van der Waals surface area contributed by atoms with Crippen molar-refractivity contribution in [3.63, 3.8) is 0 Å². The van der Waals surface area contributed by atoms with Gasteiger partial charge >= 0.3 is 6.11 Å². The smallest absolute Gasteiger partial charge is 0.397 e. The lowest BCUT2D eigenvalue weighted by Crippen LogP contribution is -2.56. The molecule has 0 heterocycles. The molecule has 4 bridgehead atoms. The van der Waals surface area contributed by atoms with E-state index in [1.165, 1.54) is 0 Å². The van der Waals surface area contributed by atoms with Gasteiger partial charge in [-0.2, -0.15) is 8.78 Å². The highest BCUT2D eigenvalue weighted by molar-refractivity contribution is 5.85. The Morgan fingerprint density at radius 1 is 1.24 bits per heavy atom. The van der Waals surface area contributed by atoms with Crippen LogP contribution in [-0.4, -0.2) is 36.7 Å². The van der Waals surface area contributed by atoms with Crippen molar-refractivity contribution in [2.24, 2.45) is 17.8 Å². The number of carbonyl (C=O) groups excluding carboxylic acids is 2. The van der Waals surface area contributed by atoms with Gasteiger partial charge in [0.2, 0.25) is 0 Å². The maximum Gasteiger partial charge on any atom is 0.397 e. The molecular weight excluding hydrogens is 286 g/mol. The van der Waals surface area contributed by atoms with E-state index in [9.17, 15) is 23.5 Å². The molecule has 0 aromatic heterocycles. The molecule has 4 aliphatic rings. The first-order valence-corrected chi connectivity index (χ1v) is 7.22. The number of rotatable bonds is 6. The monoisotopic (exact) mass is 303 g/mol. The van der Waals surface area contributed by atoms with Crippen LogP contribution >= 0.6 is 0 Å². The van der Waals surface area contributed by atoms with Crippen molar-refractivity contribution in [2.75, 3.05) is 13.2 Å². The van der Waals surface area contributed by atoms with Gasteiger partial charge in [0.15, 0.2) is 0 Å². The highest BCUT2D eigenvalue weighted by Crippen LogP contribution is 2.55. The average Bonchev–Trinajstić information content (AvgIpc) is 2.40. The lowest BCUT2D eigenvalue weighted by atomic mass is 9.53. The molecule has 4 fully saturated rings. The predicted molar refractivity (Wildman–Crippen MR) is 63.2 cm³/mol. The summed E-state index contributed by atoms with van der Waals surface area (Å²) in [5, 5.41) is 10.1. The summed E-state index contributed by atoms with van der Waals surface area (Å²) in [5.74, 6) is -1.66. The van der Waals surface area contributed by atoms with Gasteiger partial charge < -0.3 is 19.4 Å². The summed E-state index contributed by atoms with van der Waals surface area (Å²) in [6.45, 7) is -0.625. The third-order valence-corrected chi connectivity index (χ3v) is 4.95. The van der Waals surface area contributed by atoms with Crippen LogP contribution < -0.4 is 5.11 Å². The SMILES string of the molecule is O=C1C2CC3CC1CC(OCCOC(F)(F)C(=O)[O-])(C3)C2. The van der Waals surface area contributed by atoms with Gasteiger partial charge in [-0.3, -0.25) is 4.79 Å². The zero-order chi connectivity index (χ0) is 15.3. The molecule has 21 heavy (non-hydrogen) atoms. The Hall–Kier alpha value is -1.08. The minimum atomic E-state index is -4.29. The molecule has 0 amide bonds. The molecule has 0 saturated heterocycles. The summed E-state index contributed by atoms with van der Waals surface area (Å²) in [5.41, 5.74) is -0.412. The lowest BCUT2D eigenvalue weighted by Gasteiger charge is -2.55. The Morgan fingerprint density at radius 2 is 1.86 bits per heavy atom. The molecule has 2 unspecified atom stereocenters. The van der Waals surface area contributed by atoms with E-state index in [0.29, 0.717) is 24.5 Å². The number of ketones is 1. The number of aliphatic carboxylic acids is 1. The number of ether oxygens (including phenoxy) is 2. The largest absolute Gasteiger partial charge is 0.542 e. The summed E-state index contributed by atoms with van der Waals surface area (Å²) >= 11 is 0. The minimum absolute atomic E-state index is 0.0434. The number of carbonyl (C=O) groups is 2. The van der Waals surface area contributed by atoms with Gasteiger partial charge in [0.25, 0.3) is 0 Å². The zero-order valence-corrected chi connectivity index (χ0v) is 11.5. The van der Waals surface area contributed by atoms with E-state index in [1.54, 1.807) is 0 Å². The molecule has 118 valence electrons. The van der Waals surface area contributed by atoms with E-state index in [1.807, 2.05) is 0 Å². The first-order valence-electron chi connectivity index (χ1n) is 7.22. The van der Waals surface area contributed by atoms with Crippen molar-refractivity contribution in [2.45, 2.75) is 43.8 Å². The van der Waals surface area contributed by atoms with Gasteiger partial charge in [0, 0.05) is 11.8 Å². The molecule has 4 aliphatic carbocycles. The fourth-order valence-corrected chi connectivity index (χ4v) is 4.34. The molecule has 4 rings (SSSR count). The number of alkyl halides is 2. The molecule has 5 nitrogen and oxygen atoms in total. The van der Waals surface area contributed by atoms with Gasteiger partial charge in [0.1, 0.15) is 11.8 Å². The average molecular weight is 303 g/mol. The molecule has 7 heteroatoms. The van der Waals surface area contributed by atoms with Crippen molar-refractivity contribution < 1.29 is 33.0 Å². The molecule has 0 radical (unpaired) electrons. The van der Waals surface area contributed by atoms with Crippen LogP contribution in [0.15, 0.2) is 0 Å². The van der Waals surface area contributed by atoms with Crippen molar-refractivity contribution in [3.8, 4) is 0 Å². The fourth-order valence-electron chi connectivity index (χ4n) is 4.34. The van der Waals surface area contributed by atoms with Crippen molar-refractivity contribution in [3.05, 3.63) is 0 Å². The van der Waals surface area contributed by atoms with E-state index >= 15 is 0 Å². The van der Waals surface area contributed by atoms with Gasteiger partial charge in [-0.1, -0.05) is 0 Å². The molecule has 2 atom stereocenters. The number of Topliss-reactive ketones (excluding diaryl/α,β-unsaturated/α-hetero) is 1. The molecule has 0 aromatic rings. The van der Waals surface area contributed by atoms with Gasteiger partial charge in [0.05, 0.1) is 18.8 Å². The van der Waals surface area contributed by atoms with Crippen LogP contribution in [0, 0.1) is 17.8 Å². The van der Waals surface area contributed by atoms with E-state index < -0.39 is 24.3 Å². The summed E-state index contributed by atoms with van der Waals surface area (Å²) in [4.78, 5) is 22.1. The number of hydrogen-bond acceptors (Lipinski definition) is 5. The predicted octanol–water partition coefficient (Wildman–Crippen LogP) is 0.510. The third kappa shape index (κ3) is 2.68. The Morgan fingerprint density at radius 3 is 2.43 bits per heavy atom. The number of carboxylic acid groups (broad SMARTS) is 1. The van der Waals surface area contributed by atoms with E-state index in [-0.39, 0.29) is 18.4 Å². The van der Waals surface area contributed by atoms with Crippen LogP contribution in [0.5, 0.6) is 0 Å². The fraction of sp³-hybridized carbons (Fsp3) is 0.857. The minimum Gasteiger partial charge on any atom is -0.542 e. The maximum atomic E-state index is 12.7. The normalized spacial score (nSPS) is 38.0. The van der Waals surface area contributed by atoms with Crippen LogP contribution in [0.25, 0.3) is 0 Å². The molecule has 0 N–H and O–H groups in total. The summed E-state index contributed by atoms with van der Waals surface area (Å²) < 4.78 is 35.1. The number of hydrogen-bond donors (Lipinski definition) is 0. The Labute approximate surface area is 120 Å². The van der Waals surface area contributed by atoms with Crippen LogP contribution in [0.1, 0.15) is 32.1 Å². The lowest BCUT2D eigenvalue weighted by molar-refractivity contribution is -0.364. The van der Waals surface area contributed by atoms with Gasteiger partial charge in [-0.15, -0.1) is 0 Å². The summed E-state index contributed by atoms with van der Waals surface area (Å²) in [7, 11) is 0. The second kappa shape index (κ2) is 4.98. The quantitative estimate of drug-likeness (QED) is 0.668. The van der Waals surface area contributed by atoms with Crippen LogP contribution in [0.2, 0.25) is 0 Å². The summed E-state index contributed by atoms with van der Waals surface area (Å²) in [6, 6.07) is 0. The second-order valence-electron chi connectivity index (χ2n) is 6.43. The van der Waals surface area contributed by atoms with E-state index in [4.69, 9.17) is 4.74 Å². The Balaban J connectivity index is 1.52. The van der Waals surface area contributed by atoms with Gasteiger partial charge in [-0.05, 0) is 38.0 Å². The number of halogens is 2. The molecule has 0 aliphatic heterocycles. The van der Waals surface area contributed by atoms with Crippen LogP contribution in [0.3, 0.4) is 0 Å². The first kappa shape index (κ1) is 14.8. The standard InChI is InChI=1S/C14H18F2O5/c15-14(16,12(18)19)21-2-1-20-13-5-8-3-9(6-13)11(17)10(4-8)7-13/h8-10H,1-7H2,(H,18,19)/p-1. The molecule has 4 saturated carbocycles. The highest BCUT2D eigenvalue weighted by atomic mass is 19.3. The van der Waals surface area contributed by atoms with Crippen LogP contribution in [-0.2, 0) is 19.1 Å². The molecule has 0 spiro atoms. The van der Waals surface area contributed by atoms with E-state index in [2.05, 4.69) is 4.74 Å². The topological polar surface area (TPSA) is 75.7 Å². The molecular formula is C14H17F2O5-. The van der Waals surface area contributed by atoms with Crippen molar-refractivity contribution >= 4 is 11.8 Å². The third-order valence-electron chi connectivity index (χ3n) is 4.95. The Bertz CT molecular complexity index is 446. The number of carboxylic acids is 1. The second-order valence-corrected chi connectivity index (χ2v) is 6.43. The van der Waals surface area contributed by atoms with Crippen LogP contribution in [0.4, 0.5) is 8.78 Å². The zero-order valence-electron chi connectivity index (χ0n) is 11.5. The highest BCUT2D eigenvalue weighted by Gasteiger charge is 2.55. The maximum absolute atomic E-state index is 12.7. The Kier molecular flexibility index (Phi) is 3.52. The summed E-state index contributed by atoms with van der Waals surface area (Å²) in [6.07, 6.45) is -0.310. The van der Waals surface area contributed by atoms with Crippen molar-refractivity contribution in [1.82, 2.24) is 0 Å². The van der Waals surface area contributed by atoms with Crippen molar-refractivity contribution in [1.29, 1.82) is 0 Å². The van der Waals surface area contributed by atoms with Gasteiger partial charge in [-0.25, -0.2) is 0 Å². The first-order chi connectivity index (χ1) is 9.81.